The van der Waals surface area contributed by atoms with E-state index in [1.54, 1.807) is 0 Å². The van der Waals surface area contributed by atoms with E-state index >= 15 is 0 Å². The average molecular weight is 721 g/mol. The number of aromatic nitrogens is 1. The van der Waals surface area contributed by atoms with Crippen molar-refractivity contribution in [2.75, 3.05) is 0 Å². The second kappa shape index (κ2) is 12.8. The van der Waals surface area contributed by atoms with Crippen LogP contribution in [0, 0.1) is 5.92 Å². The lowest BCUT2D eigenvalue weighted by Crippen LogP contribution is -2.25. The fourth-order valence-corrected chi connectivity index (χ4v) is 10.2. The van der Waals surface area contributed by atoms with Gasteiger partial charge in [-0.1, -0.05) is 140 Å². The smallest absolute Gasteiger partial charge is 0.0671 e. The molecule has 0 spiro atoms. The first kappa shape index (κ1) is 31.9. The van der Waals surface area contributed by atoms with Crippen molar-refractivity contribution in [3.63, 3.8) is 0 Å². The van der Waals surface area contributed by atoms with Crippen molar-refractivity contribution in [1.29, 1.82) is 0 Å². The molecule has 1 aliphatic heterocycles. The van der Waals surface area contributed by atoms with Crippen LogP contribution in [0.4, 0.5) is 5.69 Å². The third-order valence-corrected chi connectivity index (χ3v) is 12.7. The Bertz CT molecular complexity index is 3110. The van der Waals surface area contributed by atoms with Gasteiger partial charge < -0.3 is 4.57 Å². The summed E-state index contributed by atoms with van der Waals surface area (Å²) in [6.45, 7) is 2.37. The summed E-state index contributed by atoms with van der Waals surface area (Å²) in [4.78, 5) is 5.48. The maximum Gasteiger partial charge on any atom is 0.0671 e. The molecule has 1 aliphatic rings. The Labute approximate surface area is 324 Å². The van der Waals surface area contributed by atoms with Gasteiger partial charge in [-0.3, -0.25) is 4.99 Å². The van der Waals surface area contributed by atoms with Crippen molar-refractivity contribution in [2.24, 2.45) is 10.9 Å². The number of para-hydroxylation sites is 3. The summed E-state index contributed by atoms with van der Waals surface area (Å²) in [6.07, 6.45) is 0. The molecular formula is C52H36N2S. The second-order valence-corrected chi connectivity index (χ2v) is 15.8. The molecule has 0 aliphatic carbocycles. The summed E-state index contributed by atoms with van der Waals surface area (Å²) in [5.41, 5.74) is 14.6. The molecule has 3 heteroatoms. The molecule has 0 bridgehead atoms. The van der Waals surface area contributed by atoms with E-state index in [1.165, 1.54) is 86.6 Å². The largest absolute Gasteiger partial charge is 0.309 e. The molecule has 1 unspecified atom stereocenters. The highest BCUT2D eigenvalue weighted by Gasteiger charge is 2.33. The zero-order chi connectivity index (χ0) is 36.5. The minimum absolute atomic E-state index is 0.161. The third kappa shape index (κ3) is 5.19. The van der Waals surface area contributed by atoms with E-state index in [-0.39, 0.29) is 11.8 Å². The van der Waals surface area contributed by atoms with Crippen LogP contribution < -0.4 is 0 Å². The zero-order valence-electron chi connectivity index (χ0n) is 30.4. The van der Waals surface area contributed by atoms with E-state index in [0.29, 0.717) is 0 Å². The van der Waals surface area contributed by atoms with Crippen LogP contribution in [0.2, 0.25) is 0 Å². The number of rotatable bonds is 5. The predicted octanol–water partition coefficient (Wildman–Crippen LogP) is 14.4. The normalized spacial score (nSPS) is 15.5. The van der Waals surface area contributed by atoms with Gasteiger partial charge in [0.1, 0.15) is 0 Å². The topological polar surface area (TPSA) is 17.3 Å². The van der Waals surface area contributed by atoms with E-state index in [0.717, 1.165) is 11.4 Å². The van der Waals surface area contributed by atoms with E-state index in [1.807, 2.05) is 11.3 Å². The van der Waals surface area contributed by atoms with Crippen LogP contribution in [0.5, 0.6) is 0 Å². The SMILES string of the molecule is CC1C(c2cccc3sc4ccc(-c5ccc6c(c5)c5ccccc5n6-c5ccccc5)cc4c23)=Nc2ccccc2[C@@H]1c1cccc(-c2ccccc2)c1. The lowest BCUT2D eigenvalue weighted by molar-refractivity contribution is 0.650. The highest BCUT2D eigenvalue weighted by Crippen LogP contribution is 2.47. The number of hydrogen-bond donors (Lipinski definition) is 0. The monoisotopic (exact) mass is 720 g/mol. The van der Waals surface area contributed by atoms with Crippen molar-refractivity contribution < 1.29 is 0 Å². The maximum absolute atomic E-state index is 5.48. The van der Waals surface area contributed by atoms with Crippen molar-refractivity contribution in [1.82, 2.24) is 4.57 Å². The number of benzene rings is 8. The van der Waals surface area contributed by atoms with Crippen molar-refractivity contribution >= 4 is 64.7 Å². The van der Waals surface area contributed by atoms with E-state index < -0.39 is 0 Å². The standard InChI is InChI=1S/C52H36N2S/c1-33-50(38-17-12-16-35(30-38)34-14-4-2-5-15-34)41-21-8-10-23-45(41)53-52(33)42-22-13-25-49-51(42)44-32-37(27-29-48(44)55-49)36-26-28-47-43(31-36)40-20-9-11-24-46(40)54(47)39-18-6-3-7-19-39/h2-33,50H,1H3/t33?,50-/m0/s1. The Morgan fingerprint density at radius 1 is 0.491 bits per heavy atom. The number of aliphatic imine (C=N–C) groups is 1. The number of nitrogens with zero attached hydrogens (tertiary/aromatic N) is 2. The fraction of sp³-hybridized carbons (Fsp3) is 0.0577. The van der Waals surface area contributed by atoms with E-state index in [4.69, 9.17) is 4.99 Å². The number of fused-ring (bicyclic) bond motifs is 7. The summed E-state index contributed by atoms with van der Waals surface area (Å²) in [5, 5.41) is 5.12. The molecule has 0 N–H and O–H groups in total. The van der Waals surface area contributed by atoms with Crippen LogP contribution in [0.1, 0.15) is 29.5 Å². The van der Waals surface area contributed by atoms with E-state index in [9.17, 15) is 0 Å². The van der Waals surface area contributed by atoms with Gasteiger partial charge in [0.05, 0.1) is 22.4 Å². The van der Waals surface area contributed by atoms with Gasteiger partial charge in [-0.2, -0.15) is 0 Å². The molecule has 0 saturated carbocycles. The molecule has 10 aromatic rings. The molecule has 0 amide bonds. The van der Waals surface area contributed by atoms with Crippen LogP contribution in [-0.4, -0.2) is 10.3 Å². The summed E-state index contributed by atoms with van der Waals surface area (Å²) in [7, 11) is 0. The quantitative estimate of drug-likeness (QED) is 0.168. The summed E-state index contributed by atoms with van der Waals surface area (Å²) in [5.74, 6) is 0.335. The van der Waals surface area contributed by atoms with Gasteiger partial charge in [0.2, 0.25) is 0 Å². The Morgan fingerprint density at radius 3 is 2.04 bits per heavy atom. The van der Waals surface area contributed by atoms with Crippen LogP contribution in [0.3, 0.4) is 0 Å². The first-order valence-corrected chi connectivity index (χ1v) is 19.9. The Balaban J connectivity index is 1.06. The molecule has 2 nitrogen and oxygen atoms in total. The maximum atomic E-state index is 5.48. The molecule has 0 saturated heterocycles. The lowest BCUT2D eigenvalue weighted by atomic mass is 9.74. The van der Waals surface area contributed by atoms with Gasteiger partial charge in [0, 0.05) is 54.0 Å². The molecule has 0 radical (unpaired) electrons. The predicted molar refractivity (Wildman–Crippen MR) is 235 cm³/mol. The Hall–Kier alpha value is -6.55. The van der Waals surface area contributed by atoms with Gasteiger partial charge in [-0.05, 0) is 88.0 Å². The molecular weight excluding hydrogens is 685 g/mol. The summed E-state index contributed by atoms with van der Waals surface area (Å²) < 4.78 is 4.97. The Kier molecular flexibility index (Phi) is 7.43. The summed E-state index contributed by atoms with van der Waals surface area (Å²) >= 11 is 1.87. The molecule has 2 aromatic heterocycles. The zero-order valence-corrected chi connectivity index (χ0v) is 31.2. The third-order valence-electron chi connectivity index (χ3n) is 11.6. The average Bonchev–Trinajstić information content (AvgIpc) is 3.79. The van der Waals surface area contributed by atoms with Crippen LogP contribution in [0.15, 0.2) is 193 Å². The van der Waals surface area contributed by atoms with Crippen LogP contribution in [-0.2, 0) is 0 Å². The number of hydrogen-bond acceptors (Lipinski definition) is 2. The van der Waals surface area contributed by atoms with Crippen molar-refractivity contribution in [2.45, 2.75) is 12.8 Å². The highest BCUT2D eigenvalue weighted by atomic mass is 32.1. The van der Waals surface area contributed by atoms with Gasteiger partial charge in [0.15, 0.2) is 0 Å². The second-order valence-electron chi connectivity index (χ2n) is 14.7. The minimum Gasteiger partial charge on any atom is -0.309 e. The molecule has 260 valence electrons. The van der Waals surface area contributed by atoms with Crippen molar-refractivity contribution in [3.05, 3.63) is 205 Å². The highest BCUT2D eigenvalue weighted by molar-refractivity contribution is 7.25. The van der Waals surface area contributed by atoms with E-state index in [2.05, 4.69) is 200 Å². The molecule has 0 fully saturated rings. The van der Waals surface area contributed by atoms with Crippen molar-refractivity contribution in [3.8, 4) is 27.9 Å². The first-order valence-electron chi connectivity index (χ1n) is 19.1. The van der Waals surface area contributed by atoms with Gasteiger partial charge in [-0.15, -0.1) is 11.3 Å². The van der Waals surface area contributed by atoms with Gasteiger partial charge in [-0.25, -0.2) is 0 Å². The molecule has 2 atom stereocenters. The minimum atomic E-state index is 0.161. The van der Waals surface area contributed by atoms with Crippen LogP contribution in [0.25, 0.3) is 69.9 Å². The molecule has 55 heavy (non-hydrogen) atoms. The summed E-state index contributed by atoms with van der Waals surface area (Å²) in [6, 6.07) is 68.8. The van der Waals surface area contributed by atoms with Gasteiger partial charge in [0.25, 0.3) is 0 Å². The van der Waals surface area contributed by atoms with Gasteiger partial charge >= 0.3 is 0 Å². The Morgan fingerprint density at radius 2 is 1.16 bits per heavy atom. The molecule has 3 heterocycles. The molecule has 8 aromatic carbocycles. The van der Waals surface area contributed by atoms with Crippen LogP contribution >= 0.6 is 11.3 Å². The first-order chi connectivity index (χ1) is 27.2. The number of thiophene rings is 1. The fourth-order valence-electron chi connectivity index (χ4n) is 9.05. The molecule has 11 rings (SSSR count). The lowest BCUT2D eigenvalue weighted by Gasteiger charge is -2.32.